The van der Waals surface area contributed by atoms with Gasteiger partial charge in [0.15, 0.2) is 6.61 Å². The molecule has 1 amide bonds. The van der Waals surface area contributed by atoms with Gasteiger partial charge >= 0.3 is 0 Å². The van der Waals surface area contributed by atoms with E-state index in [-0.39, 0.29) is 25.1 Å². The molecule has 0 aliphatic carbocycles. The molecule has 0 heterocycles. The summed E-state index contributed by atoms with van der Waals surface area (Å²) in [5.74, 6) is 2.65. The van der Waals surface area contributed by atoms with E-state index in [9.17, 15) is 4.79 Å². The predicted molar refractivity (Wildman–Crippen MR) is 74.1 cm³/mol. The molecular formula is C13H15BrN2O2. The van der Waals surface area contributed by atoms with Gasteiger partial charge in [0, 0.05) is 16.1 Å². The van der Waals surface area contributed by atoms with Crippen LogP contribution in [0, 0.1) is 12.3 Å². The van der Waals surface area contributed by atoms with Crippen molar-refractivity contribution in [2.45, 2.75) is 13.0 Å². The lowest BCUT2D eigenvalue weighted by Gasteiger charge is -2.14. The first-order valence-corrected chi connectivity index (χ1v) is 6.22. The first kappa shape index (κ1) is 14.6. The van der Waals surface area contributed by atoms with Gasteiger partial charge in [0.05, 0.1) is 6.54 Å². The number of terminal acetylenes is 1. The maximum absolute atomic E-state index is 11.4. The van der Waals surface area contributed by atoms with Crippen LogP contribution in [-0.4, -0.2) is 19.1 Å². The fourth-order valence-corrected chi connectivity index (χ4v) is 1.69. The van der Waals surface area contributed by atoms with Gasteiger partial charge in [0.2, 0.25) is 0 Å². The van der Waals surface area contributed by atoms with Gasteiger partial charge in [-0.2, -0.15) is 0 Å². The molecule has 0 aromatic heterocycles. The molecule has 1 unspecified atom stereocenters. The number of nitrogens with one attached hydrogen (secondary N) is 1. The molecule has 0 aliphatic rings. The van der Waals surface area contributed by atoms with Crippen molar-refractivity contribution < 1.29 is 9.53 Å². The number of amides is 1. The minimum atomic E-state index is -0.261. The van der Waals surface area contributed by atoms with Crippen LogP contribution < -0.4 is 15.8 Å². The van der Waals surface area contributed by atoms with Crippen LogP contribution in [0.4, 0.5) is 0 Å². The molecule has 5 heteroatoms. The Kier molecular flexibility index (Phi) is 5.69. The Morgan fingerprint density at radius 2 is 2.39 bits per heavy atom. The predicted octanol–water partition coefficient (Wildman–Crippen LogP) is 1.60. The smallest absolute Gasteiger partial charge is 0.258 e. The molecule has 0 fully saturated rings. The van der Waals surface area contributed by atoms with Crippen LogP contribution in [0.15, 0.2) is 22.7 Å². The van der Waals surface area contributed by atoms with Crippen LogP contribution in [0.3, 0.4) is 0 Å². The van der Waals surface area contributed by atoms with Crippen molar-refractivity contribution in [1.29, 1.82) is 0 Å². The average Bonchev–Trinajstić information content (AvgIpc) is 2.33. The summed E-state index contributed by atoms with van der Waals surface area (Å²) >= 11 is 3.35. The van der Waals surface area contributed by atoms with Crippen LogP contribution in [-0.2, 0) is 4.79 Å². The third-order valence-corrected chi connectivity index (χ3v) is 2.71. The molecule has 0 spiro atoms. The Labute approximate surface area is 115 Å². The number of benzene rings is 1. The molecule has 4 nitrogen and oxygen atoms in total. The second-order valence-corrected chi connectivity index (χ2v) is 4.66. The van der Waals surface area contributed by atoms with E-state index in [4.69, 9.17) is 16.9 Å². The van der Waals surface area contributed by atoms with E-state index < -0.39 is 0 Å². The van der Waals surface area contributed by atoms with Gasteiger partial charge < -0.3 is 15.8 Å². The zero-order chi connectivity index (χ0) is 13.5. The summed E-state index contributed by atoms with van der Waals surface area (Å²) in [4.78, 5) is 11.4. The van der Waals surface area contributed by atoms with E-state index in [0.717, 1.165) is 10.0 Å². The lowest BCUT2D eigenvalue weighted by atomic mass is 10.1. The second-order valence-electron chi connectivity index (χ2n) is 3.74. The molecule has 0 saturated carbocycles. The van der Waals surface area contributed by atoms with Gasteiger partial charge in [0.25, 0.3) is 5.91 Å². The highest BCUT2D eigenvalue weighted by Crippen LogP contribution is 2.27. The number of rotatable bonds is 5. The molecule has 0 radical (unpaired) electrons. The quantitative estimate of drug-likeness (QED) is 0.812. The normalized spacial score (nSPS) is 11.4. The number of carbonyl (C=O) groups is 1. The van der Waals surface area contributed by atoms with Gasteiger partial charge in [-0.1, -0.05) is 27.9 Å². The minimum Gasteiger partial charge on any atom is -0.483 e. The van der Waals surface area contributed by atoms with E-state index in [1.54, 1.807) is 6.07 Å². The summed E-state index contributed by atoms with van der Waals surface area (Å²) in [7, 11) is 0. The Morgan fingerprint density at radius 1 is 1.67 bits per heavy atom. The van der Waals surface area contributed by atoms with E-state index in [1.807, 2.05) is 19.1 Å². The van der Waals surface area contributed by atoms with Crippen molar-refractivity contribution in [2.75, 3.05) is 13.2 Å². The summed E-state index contributed by atoms with van der Waals surface area (Å²) in [5, 5.41) is 2.52. The van der Waals surface area contributed by atoms with Gasteiger partial charge in [-0.3, -0.25) is 4.79 Å². The Hall–Kier alpha value is -1.51. The molecule has 1 aromatic rings. The standard InChI is InChI=1S/C13H15BrN2O2/c1-3-6-16-13(17)8-18-12-7-10(14)4-5-11(12)9(2)15/h1,4-5,7,9H,6,8,15H2,2H3,(H,16,17). The van der Waals surface area contributed by atoms with Crippen molar-refractivity contribution in [3.63, 3.8) is 0 Å². The summed E-state index contributed by atoms with van der Waals surface area (Å²) in [5.41, 5.74) is 6.68. The van der Waals surface area contributed by atoms with Crippen LogP contribution >= 0.6 is 15.9 Å². The van der Waals surface area contributed by atoms with Crippen LogP contribution in [0.25, 0.3) is 0 Å². The average molecular weight is 311 g/mol. The van der Waals surface area contributed by atoms with Crippen molar-refractivity contribution in [2.24, 2.45) is 5.73 Å². The highest BCUT2D eigenvalue weighted by atomic mass is 79.9. The van der Waals surface area contributed by atoms with Gasteiger partial charge in [-0.25, -0.2) is 0 Å². The van der Waals surface area contributed by atoms with Gasteiger partial charge in [-0.15, -0.1) is 6.42 Å². The summed E-state index contributed by atoms with van der Waals surface area (Å²) in [6, 6.07) is 5.36. The first-order chi connectivity index (χ1) is 8.54. The van der Waals surface area contributed by atoms with Crippen LogP contribution in [0.1, 0.15) is 18.5 Å². The SMILES string of the molecule is C#CCNC(=O)COc1cc(Br)ccc1C(C)N. The van der Waals surface area contributed by atoms with Crippen molar-refractivity contribution in [3.05, 3.63) is 28.2 Å². The molecule has 0 saturated heterocycles. The maximum atomic E-state index is 11.4. The Balaban J connectivity index is 2.69. The Morgan fingerprint density at radius 3 is 3.00 bits per heavy atom. The molecule has 0 bridgehead atoms. The van der Waals surface area contributed by atoms with E-state index in [1.165, 1.54) is 0 Å². The number of hydrogen-bond acceptors (Lipinski definition) is 3. The number of nitrogens with two attached hydrogens (primary N) is 1. The number of carbonyl (C=O) groups excluding carboxylic acids is 1. The topological polar surface area (TPSA) is 64.3 Å². The fourth-order valence-electron chi connectivity index (χ4n) is 1.35. The third kappa shape index (κ3) is 4.40. The monoisotopic (exact) mass is 310 g/mol. The summed E-state index contributed by atoms with van der Waals surface area (Å²) in [6.07, 6.45) is 5.04. The van der Waals surface area contributed by atoms with Crippen LogP contribution in [0.5, 0.6) is 5.75 Å². The molecular weight excluding hydrogens is 296 g/mol. The number of hydrogen-bond donors (Lipinski definition) is 2. The molecule has 1 atom stereocenters. The van der Waals surface area contributed by atoms with E-state index in [0.29, 0.717) is 5.75 Å². The maximum Gasteiger partial charge on any atom is 0.258 e. The molecule has 1 aromatic carbocycles. The third-order valence-electron chi connectivity index (χ3n) is 2.21. The zero-order valence-corrected chi connectivity index (χ0v) is 11.7. The van der Waals surface area contributed by atoms with Crippen LogP contribution in [0.2, 0.25) is 0 Å². The summed E-state index contributed by atoms with van der Waals surface area (Å²) < 4.78 is 6.31. The number of halogens is 1. The lowest BCUT2D eigenvalue weighted by Crippen LogP contribution is -2.29. The highest BCUT2D eigenvalue weighted by Gasteiger charge is 2.10. The van der Waals surface area contributed by atoms with E-state index in [2.05, 4.69) is 27.2 Å². The Bertz CT molecular complexity index is 467. The highest BCUT2D eigenvalue weighted by molar-refractivity contribution is 9.10. The molecule has 96 valence electrons. The van der Waals surface area contributed by atoms with Gasteiger partial charge in [-0.05, 0) is 19.1 Å². The largest absolute Gasteiger partial charge is 0.483 e. The number of ether oxygens (including phenoxy) is 1. The van der Waals surface area contributed by atoms with Crippen molar-refractivity contribution >= 4 is 21.8 Å². The van der Waals surface area contributed by atoms with Gasteiger partial charge in [0.1, 0.15) is 5.75 Å². The summed E-state index contributed by atoms with van der Waals surface area (Å²) in [6.45, 7) is 1.97. The fraction of sp³-hybridized carbons (Fsp3) is 0.308. The molecule has 3 N–H and O–H groups in total. The van der Waals surface area contributed by atoms with Crippen molar-refractivity contribution in [1.82, 2.24) is 5.32 Å². The molecule has 1 rings (SSSR count). The van der Waals surface area contributed by atoms with Crippen molar-refractivity contribution in [3.8, 4) is 18.1 Å². The van der Waals surface area contributed by atoms with E-state index >= 15 is 0 Å². The minimum absolute atomic E-state index is 0.0855. The first-order valence-electron chi connectivity index (χ1n) is 5.42. The molecule has 0 aliphatic heterocycles. The lowest BCUT2D eigenvalue weighted by molar-refractivity contribution is -0.122. The molecule has 18 heavy (non-hydrogen) atoms. The second kappa shape index (κ2) is 7.04. The zero-order valence-electron chi connectivity index (χ0n) is 10.1.